The molecule has 6 heteroatoms. The van der Waals surface area contributed by atoms with Crippen molar-refractivity contribution in [2.75, 3.05) is 18.5 Å². The summed E-state index contributed by atoms with van der Waals surface area (Å²) in [5, 5.41) is 6.53. The van der Waals surface area contributed by atoms with Gasteiger partial charge in [-0.05, 0) is 51.7 Å². The first-order valence-corrected chi connectivity index (χ1v) is 8.60. The molecule has 1 aliphatic rings. The Morgan fingerprint density at radius 3 is 2.77 bits per heavy atom. The Kier molecular flexibility index (Phi) is 5.97. The average molecular weight is 324 g/mol. The second-order valence-electron chi connectivity index (χ2n) is 5.92. The summed E-state index contributed by atoms with van der Waals surface area (Å²) in [6, 6.07) is 1.86. The van der Waals surface area contributed by atoms with Crippen LogP contribution in [0.4, 0.5) is 5.00 Å². The first-order chi connectivity index (χ1) is 10.5. The van der Waals surface area contributed by atoms with Gasteiger partial charge in [0.1, 0.15) is 0 Å². The average Bonchev–Trinajstić information content (AvgIpc) is 3.22. The maximum absolute atomic E-state index is 12.2. The molecule has 0 radical (unpaired) electrons. The maximum atomic E-state index is 12.2. The lowest BCUT2D eigenvalue weighted by molar-refractivity contribution is -0.117. The van der Waals surface area contributed by atoms with Crippen LogP contribution in [0, 0.1) is 12.8 Å². The highest BCUT2D eigenvalue weighted by molar-refractivity contribution is 7.18. The van der Waals surface area contributed by atoms with E-state index in [0.717, 1.165) is 29.8 Å². The highest BCUT2D eigenvalue weighted by Crippen LogP contribution is 2.32. The van der Waals surface area contributed by atoms with E-state index in [0.29, 0.717) is 18.0 Å². The minimum Gasteiger partial charge on any atom is -0.379 e. The van der Waals surface area contributed by atoms with Gasteiger partial charge in [-0.15, -0.1) is 11.3 Å². The second-order valence-corrected chi connectivity index (χ2v) is 6.97. The number of thiophene rings is 1. The smallest absolute Gasteiger partial charge is 0.261 e. The van der Waals surface area contributed by atoms with Crippen LogP contribution < -0.4 is 10.6 Å². The fourth-order valence-electron chi connectivity index (χ4n) is 2.01. The number of anilines is 1. The number of hydrogen-bond donors (Lipinski definition) is 2. The van der Waals surface area contributed by atoms with Crippen LogP contribution in [0.25, 0.3) is 0 Å². The molecule has 5 nitrogen and oxygen atoms in total. The fraction of sp³-hybridized carbons (Fsp3) is 0.625. The molecule has 0 bridgehead atoms. The molecule has 0 aliphatic heterocycles. The van der Waals surface area contributed by atoms with E-state index >= 15 is 0 Å². The summed E-state index contributed by atoms with van der Waals surface area (Å²) in [5.74, 6) is 0.152. The number of aryl methyl sites for hydroxylation is 1. The monoisotopic (exact) mass is 324 g/mol. The second kappa shape index (κ2) is 7.74. The van der Waals surface area contributed by atoms with Crippen LogP contribution >= 0.6 is 11.3 Å². The summed E-state index contributed by atoms with van der Waals surface area (Å²) in [6.45, 7) is 7.10. The zero-order valence-corrected chi connectivity index (χ0v) is 14.2. The van der Waals surface area contributed by atoms with Crippen LogP contribution in [0.1, 0.15) is 48.3 Å². The Hall–Kier alpha value is -1.40. The van der Waals surface area contributed by atoms with Crippen molar-refractivity contribution >= 4 is 28.2 Å². The lowest BCUT2D eigenvalue weighted by Gasteiger charge is -2.08. The molecule has 22 heavy (non-hydrogen) atoms. The molecule has 1 aliphatic carbocycles. The van der Waals surface area contributed by atoms with Gasteiger partial charge < -0.3 is 15.4 Å². The summed E-state index contributed by atoms with van der Waals surface area (Å²) in [7, 11) is 0. The van der Waals surface area contributed by atoms with Gasteiger partial charge in [0.05, 0.1) is 16.0 Å². The van der Waals surface area contributed by atoms with Crippen molar-refractivity contribution in [1.82, 2.24) is 5.32 Å². The van der Waals surface area contributed by atoms with Crippen molar-refractivity contribution in [2.45, 2.75) is 46.1 Å². The summed E-state index contributed by atoms with van der Waals surface area (Å²) in [6.07, 6.45) is 2.96. The van der Waals surface area contributed by atoms with Crippen molar-refractivity contribution < 1.29 is 14.3 Å². The van der Waals surface area contributed by atoms with Gasteiger partial charge in [0.2, 0.25) is 5.91 Å². The molecule has 1 aromatic rings. The fourth-order valence-corrected chi connectivity index (χ4v) is 3.00. The summed E-state index contributed by atoms with van der Waals surface area (Å²) >= 11 is 1.33. The van der Waals surface area contributed by atoms with Gasteiger partial charge in [-0.25, -0.2) is 0 Å². The van der Waals surface area contributed by atoms with Gasteiger partial charge in [0, 0.05) is 19.1 Å². The molecule has 0 saturated heterocycles. The van der Waals surface area contributed by atoms with Crippen LogP contribution in [-0.2, 0) is 9.53 Å². The summed E-state index contributed by atoms with van der Waals surface area (Å²) in [4.78, 5) is 24.6. The normalized spacial score (nSPS) is 14.2. The van der Waals surface area contributed by atoms with Crippen molar-refractivity contribution in [1.29, 1.82) is 0 Å². The lowest BCUT2D eigenvalue weighted by atomic mass is 10.2. The van der Waals surface area contributed by atoms with Crippen LogP contribution in [0.2, 0.25) is 0 Å². The summed E-state index contributed by atoms with van der Waals surface area (Å²) < 4.78 is 5.43. The number of nitrogens with one attached hydrogen (secondary N) is 2. The SMILES string of the molecule is Cc1cc(NC(=O)C2CC2)sc1C(=O)NCCCOC(C)C. The minimum absolute atomic E-state index is 0.0686. The van der Waals surface area contributed by atoms with E-state index in [4.69, 9.17) is 4.74 Å². The third kappa shape index (κ3) is 5.10. The molecule has 2 rings (SSSR count). The van der Waals surface area contributed by atoms with Crippen molar-refractivity contribution in [3.8, 4) is 0 Å². The van der Waals surface area contributed by atoms with E-state index in [1.54, 1.807) is 0 Å². The van der Waals surface area contributed by atoms with Gasteiger partial charge in [-0.2, -0.15) is 0 Å². The van der Waals surface area contributed by atoms with Gasteiger partial charge >= 0.3 is 0 Å². The third-order valence-electron chi connectivity index (χ3n) is 3.38. The topological polar surface area (TPSA) is 67.4 Å². The number of hydrogen-bond acceptors (Lipinski definition) is 4. The van der Waals surface area contributed by atoms with Gasteiger partial charge in [0.25, 0.3) is 5.91 Å². The third-order valence-corrected chi connectivity index (χ3v) is 4.53. The predicted molar refractivity (Wildman–Crippen MR) is 88.4 cm³/mol. The standard InChI is InChI=1S/C16H24N2O3S/c1-10(2)21-8-4-7-17-16(20)14-11(3)9-13(22-14)18-15(19)12-5-6-12/h9-10,12H,4-8H2,1-3H3,(H,17,20)(H,18,19). The van der Waals surface area contributed by atoms with Crippen molar-refractivity contribution in [3.05, 3.63) is 16.5 Å². The van der Waals surface area contributed by atoms with E-state index in [-0.39, 0.29) is 23.8 Å². The largest absolute Gasteiger partial charge is 0.379 e. The van der Waals surface area contributed by atoms with E-state index in [1.807, 2.05) is 26.8 Å². The number of rotatable bonds is 8. The van der Waals surface area contributed by atoms with Crippen LogP contribution in [0.5, 0.6) is 0 Å². The highest BCUT2D eigenvalue weighted by atomic mass is 32.1. The highest BCUT2D eigenvalue weighted by Gasteiger charge is 2.30. The molecular weight excluding hydrogens is 300 g/mol. The number of ether oxygens (including phenoxy) is 1. The van der Waals surface area contributed by atoms with Gasteiger partial charge in [-0.3, -0.25) is 9.59 Å². The number of carbonyl (C=O) groups excluding carboxylic acids is 2. The van der Waals surface area contributed by atoms with Crippen molar-refractivity contribution in [2.24, 2.45) is 5.92 Å². The summed E-state index contributed by atoms with van der Waals surface area (Å²) in [5.41, 5.74) is 0.895. The van der Waals surface area contributed by atoms with E-state index < -0.39 is 0 Å². The van der Waals surface area contributed by atoms with Crippen molar-refractivity contribution in [3.63, 3.8) is 0 Å². The van der Waals surface area contributed by atoms with Crippen LogP contribution in [0.15, 0.2) is 6.07 Å². The Balaban J connectivity index is 1.79. The zero-order chi connectivity index (χ0) is 16.1. The van der Waals surface area contributed by atoms with E-state index in [2.05, 4.69) is 10.6 Å². The Labute approximate surface area is 135 Å². The number of amides is 2. The molecule has 0 spiro atoms. The Morgan fingerprint density at radius 1 is 1.41 bits per heavy atom. The molecule has 1 fully saturated rings. The Morgan fingerprint density at radius 2 is 2.14 bits per heavy atom. The van der Waals surface area contributed by atoms with E-state index in [1.165, 1.54) is 11.3 Å². The number of carbonyl (C=O) groups is 2. The minimum atomic E-state index is -0.0843. The molecule has 1 heterocycles. The molecular formula is C16H24N2O3S. The molecule has 2 N–H and O–H groups in total. The van der Waals surface area contributed by atoms with Crippen LogP contribution in [-0.4, -0.2) is 31.1 Å². The molecule has 2 amide bonds. The molecule has 0 aromatic carbocycles. The van der Waals surface area contributed by atoms with Gasteiger partial charge in [0.15, 0.2) is 0 Å². The first kappa shape index (κ1) is 17.0. The molecule has 1 aromatic heterocycles. The van der Waals surface area contributed by atoms with E-state index in [9.17, 15) is 9.59 Å². The molecule has 122 valence electrons. The zero-order valence-electron chi connectivity index (χ0n) is 13.4. The maximum Gasteiger partial charge on any atom is 0.261 e. The van der Waals surface area contributed by atoms with Crippen LogP contribution in [0.3, 0.4) is 0 Å². The molecule has 1 saturated carbocycles. The van der Waals surface area contributed by atoms with Gasteiger partial charge in [-0.1, -0.05) is 0 Å². The quantitative estimate of drug-likeness (QED) is 0.723. The predicted octanol–water partition coefficient (Wildman–Crippen LogP) is 2.95. The Bertz CT molecular complexity index is 535. The molecule has 0 unspecified atom stereocenters. The lowest BCUT2D eigenvalue weighted by Crippen LogP contribution is -2.25. The molecule has 0 atom stereocenters. The first-order valence-electron chi connectivity index (χ1n) is 7.78.